The molecule has 108 valence electrons. The molecule has 1 atom stereocenters. The lowest BCUT2D eigenvalue weighted by Crippen LogP contribution is -2.44. The molecular formula is C19H17N3. The van der Waals surface area contributed by atoms with Gasteiger partial charge in [-0.15, -0.1) is 0 Å². The van der Waals surface area contributed by atoms with Gasteiger partial charge in [-0.3, -0.25) is 0 Å². The van der Waals surface area contributed by atoms with Crippen LogP contribution in [0.1, 0.15) is 22.6 Å². The average molecular weight is 287 g/mol. The van der Waals surface area contributed by atoms with Gasteiger partial charge in [0.2, 0.25) is 0 Å². The SMILES string of the molecule is Cc1ccc2c(c1)C(C#N)(C#N)C(c1ccccc1)CN2C. The van der Waals surface area contributed by atoms with Crippen molar-refractivity contribution in [1.82, 2.24) is 0 Å². The fourth-order valence-electron chi connectivity index (χ4n) is 3.34. The minimum absolute atomic E-state index is 0.164. The highest BCUT2D eigenvalue weighted by molar-refractivity contribution is 5.67. The van der Waals surface area contributed by atoms with Crippen LogP contribution in [0.25, 0.3) is 0 Å². The van der Waals surface area contributed by atoms with Crippen molar-refractivity contribution >= 4 is 5.69 Å². The van der Waals surface area contributed by atoms with Gasteiger partial charge in [0.1, 0.15) is 0 Å². The number of nitrogens with zero attached hydrogens (tertiary/aromatic N) is 3. The Hall–Kier alpha value is -2.78. The van der Waals surface area contributed by atoms with Gasteiger partial charge in [-0.2, -0.15) is 10.5 Å². The Morgan fingerprint density at radius 2 is 1.77 bits per heavy atom. The van der Waals surface area contributed by atoms with Gasteiger partial charge < -0.3 is 4.90 Å². The predicted molar refractivity (Wildman–Crippen MR) is 86.5 cm³/mol. The zero-order chi connectivity index (χ0) is 15.7. The third-order valence-electron chi connectivity index (χ3n) is 4.52. The molecule has 0 amide bonds. The maximum atomic E-state index is 9.91. The molecule has 1 unspecified atom stereocenters. The Kier molecular flexibility index (Phi) is 3.35. The van der Waals surface area contributed by atoms with Crippen molar-refractivity contribution in [1.29, 1.82) is 10.5 Å². The van der Waals surface area contributed by atoms with Gasteiger partial charge in [-0.05, 0) is 18.6 Å². The first kappa shape index (κ1) is 14.2. The number of hydrogen-bond acceptors (Lipinski definition) is 3. The molecule has 2 aromatic carbocycles. The molecule has 0 aromatic heterocycles. The van der Waals surface area contributed by atoms with E-state index >= 15 is 0 Å². The first-order chi connectivity index (χ1) is 10.6. The summed E-state index contributed by atoms with van der Waals surface area (Å²) in [5.41, 5.74) is 2.75. The smallest absolute Gasteiger partial charge is 0.179 e. The van der Waals surface area contributed by atoms with E-state index in [1.807, 2.05) is 62.5 Å². The number of rotatable bonds is 1. The Labute approximate surface area is 131 Å². The molecule has 3 nitrogen and oxygen atoms in total. The Balaban J connectivity index is 2.27. The summed E-state index contributed by atoms with van der Waals surface area (Å²) in [4.78, 5) is 2.14. The summed E-state index contributed by atoms with van der Waals surface area (Å²) in [5.74, 6) is -0.164. The lowest BCUT2D eigenvalue weighted by Gasteiger charge is -2.41. The van der Waals surface area contributed by atoms with E-state index in [0.29, 0.717) is 6.54 Å². The molecule has 1 aliphatic rings. The molecular weight excluding hydrogens is 270 g/mol. The topological polar surface area (TPSA) is 50.8 Å². The summed E-state index contributed by atoms with van der Waals surface area (Å²) in [6, 6.07) is 20.6. The van der Waals surface area contributed by atoms with Gasteiger partial charge in [-0.1, -0.05) is 48.0 Å². The van der Waals surface area contributed by atoms with Crippen molar-refractivity contribution < 1.29 is 0 Å². The van der Waals surface area contributed by atoms with Gasteiger partial charge in [0.25, 0.3) is 0 Å². The zero-order valence-corrected chi connectivity index (χ0v) is 12.7. The zero-order valence-electron chi connectivity index (χ0n) is 12.7. The first-order valence-corrected chi connectivity index (χ1v) is 7.32. The van der Waals surface area contributed by atoms with E-state index in [1.165, 1.54) is 0 Å². The van der Waals surface area contributed by atoms with Gasteiger partial charge in [-0.25, -0.2) is 0 Å². The molecule has 0 fully saturated rings. The predicted octanol–water partition coefficient (Wildman–Crippen LogP) is 3.51. The Morgan fingerprint density at radius 3 is 2.41 bits per heavy atom. The molecule has 0 saturated heterocycles. The minimum Gasteiger partial charge on any atom is -0.374 e. The van der Waals surface area contributed by atoms with Gasteiger partial charge in [0.15, 0.2) is 5.41 Å². The summed E-state index contributed by atoms with van der Waals surface area (Å²) in [6.07, 6.45) is 0. The van der Waals surface area contributed by atoms with Crippen LogP contribution in [0.15, 0.2) is 48.5 Å². The minimum atomic E-state index is -1.14. The van der Waals surface area contributed by atoms with Crippen molar-refractivity contribution in [2.24, 2.45) is 0 Å². The first-order valence-electron chi connectivity index (χ1n) is 7.32. The third-order valence-corrected chi connectivity index (χ3v) is 4.52. The molecule has 22 heavy (non-hydrogen) atoms. The largest absolute Gasteiger partial charge is 0.374 e. The number of anilines is 1. The number of likely N-dealkylation sites (N-methyl/N-ethyl adjacent to an activating group) is 1. The van der Waals surface area contributed by atoms with Gasteiger partial charge in [0.05, 0.1) is 12.1 Å². The molecule has 1 aliphatic heterocycles. The van der Waals surface area contributed by atoms with E-state index < -0.39 is 5.41 Å². The summed E-state index contributed by atoms with van der Waals surface area (Å²) >= 11 is 0. The molecule has 3 heteroatoms. The lowest BCUT2D eigenvalue weighted by molar-refractivity contribution is 0.505. The van der Waals surface area contributed by atoms with Crippen molar-refractivity contribution in [3.8, 4) is 12.1 Å². The van der Waals surface area contributed by atoms with Crippen LogP contribution >= 0.6 is 0 Å². The second-order valence-corrected chi connectivity index (χ2v) is 5.90. The van der Waals surface area contributed by atoms with E-state index in [-0.39, 0.29) is 5.92 Å². The van der Waals surface area contributed by atoms with E-state index in [2.05, 4.69) is 17.0 Å². The third kappa shape index (κ3) is 1.95. The summed E-state index contributed by atoms with van der Waals surface area (Å²) in [7, 11) is 2.02. The highest BCUT2D eigenvalue weighted by atomic mass is 15.1. The van der Waals surface area contributed by atoms with Crippen LogP contribution in [0.5, 0.6) is 0 Å². The summed E-state index contributed by atoms with van der Waals surface area (Å²) in [5, 5.41) is 19.8. The fraction of sp³-hybridized carbons (Fsp3) is 0.263. The molecule has 0 spiro atoms. The quantitative estimate of drug-likeness (QED) is 0.806. The van der Waals surface area contributed by atoms with E-state index in [1.54, 1.807) is 0 Å². The maximum absolute atomic E-state index is 9.91. The lowest BCUT2D eigenvalue weighted by atomic mass is 9.66. The second kappa shape index (κ2) is 5.20. The van der Waals surface area contributed by atoms with Crippen LogP contribution in [-0.4, -0.2) is 13.6 Å². The molecule has 0 aliphatic carbocycles. The second-order valence-electron chi connectivity index (χ2n) is 5.90. The number of aryl methyl sites for hydroxylation is 1. The van der Waals surface area contributed by atoms with Crippen LogP contribution in [0.4, 0.5) is 5.69 Å². The van der Waals surface area contributed by atoms with Crippen molar-refractivity contribution in [2.75, 3.05) is 18.5 Å². The molecule has 0 radical (unpaired) electrons. The number of fused-ring (bicyclic) bond motifs is 1. The Morgan fingerprint density at radius 1 is 1.09 bits per heavy atom. The highest BCUT2D eigenvalue weighted by Gasteiger charge is 2.48. The molecule has 2 aromatic rings. The average Bonchev–Trinajstić information content (AvgIpc) is 2.56. The Bertz CT molecular complexity index is 767. The monoisotopic (exact) mass is 287 g/mol. The van der Waals surface area contributed by atoms with Crippen LogP contribution in [0.3, 0.4) is 0 Å². The van der Waals surface area contributed by atoms with Crippen molar-refractivity contribution in [3.05, 3.63) is 65.2 Å². The van der Waals surface area contributed by atoms with Crippen molar-refractivity contribution in [3.63, 3.8) is 0 Å². The number of nitriles is 2. The molecule has 1 heterocycles. The number of benzene rings is 2. The van der Waals surface area contributed by atoms with Gasteiger partial charge >= 0.3 is 0 Å². The summed E-state index contributed by atoms with van der Waals surface area (Å²) in [6.45, 7) is 2.65. The molecule has 3 rings (SSSR count). The van der Waals surface area contributed by atoms with E-state index in [9.17, 15) is 10.5 Å². The van der Waals surface area contributed by atoms with Crippen LogP contribution in [-0.2, 0) is 5.41 Å². The van der Waals surface area contributed by atoms with Crippen LogP contribution < -0.4 is 4.90 Å². The van der Waals surface area contributed by atoms with Crippen LogP contribution in [0.2, 0.25) is 0 Å². The summed E-state index contributed by atoms with van der Waals surface area (Å²) < 4.78 is 0. The van der Waals surface area contributed by atoms with Crippen LogP contribution in [0, 0.1) is 29.6 Å². The molecule has 0 saturated carbocycles. The normalized spacial score (nSPS) is 18.9. The highest BCUT2D eigenvalue weighted by Crippen LogP contribution is 2.47. The maximum Gasteiger partial charge on any atom is 0.179 e. The molecule has 0 bridgehead atoms. The van der Waals surface area contributed by atoms with E-state index in [4.69, 9.17) is 0 Å². The van der Waals surface area contributed by atoms with E-state index in [0.717, 1.165) is 22.4 Å². The van der Waals surface area contributed by atoms with Gasteiger partial charge in [0, 0.05) is 30.8 Å². The number of hydrogen-bond donors (Lipinski definition) is 0. The molecule has 0 N–H and O–H groups in total. The fourth-order valence-corrected chi connectivity index (χ4v) is 3.34. The standard InChI is InChI=1S/C19H17N3/c1-14-8-9-18-16(10-14)19(12-20,13-21)17(11-22(18)2)15-6-4-3-5-7-15/h3-10,17H,11H2,1-2H3. The van der Waals surface area contributed by atoms with Crippen molar-refractivity contribution in [2.45, 2.75) is 18.3 Å².